The molecule has 0 unspecified atom stereocenters. The molecular formula is C11H15ClN4O2. The maximum Gasteiger partial charge on any atom is 0.252 e. The normalized spacial score (nSPS) is 9.89. The van der Waals surface area contributed by atoms with Crippen molar-refractivity contribution in [3.05, 3.63) is 22.8 Å². The van der Waals surface area contributed by atoms with Crippen LogP contribution >= 0.6 is 11.6 Å². The van der Waals surface area contributed by atoms with Crippen LogP contribution in [0.15, 0.2) is 12.3 Å². The topological polar surface area (TPSA) is 97.1 Å². The molecule has 0 fully saturated rings. The van der Waals surface area contributed by atoms with Crippen molar-refractivity contribution in [2.24, 2.45) is 5.73 Å². The van der Waals surface area contributed by atoms with Gasteiger partial charge in [0, 0.05) is 26.2 Å². The molecule has 0 saturated heterocycles. The van der Waals surface area contributed by atoms with Crippen molar-refractivity contribution in [3.8, 4) is 0 Å². The smallest absolute Gasteiger partial charge is 0.252 e. The molecule has 1 rings (SSSR count). The number of nitrogens with one attached hydrogen (secondary N) is 2. The molecule has 4 N–H and O–H groups in total. The number of halogens is 1. The molecule has 0 aliphatic rings. The average Bonchev–Trinajstić information content (AvgIpc) is 2.34. The molecule has 2 amide bonds. The highest BCUT2D eigenvalue weighted by atomic mass is 35.5. The zero-order chi connectivity index (χ0) is 13.5. The van der Waals surface area contributed by atoms with Gasteiger partial charge in [-0.2, -0.15) is 0 Å². The van der Waals surface area contributed by atoms with Crippen LogP contribution in [0.2, 0.25) is 5.02 Å². The summed E-state index contributed by atoms with van der Waals surface area (Å²) in [5.41, 5.74) is 5.36. The zero-order valence-corrected chi connectivity index (χ0v) is 10.8. The van der Waals surface area contributed by atoms with E-state index in [2.05, 4.69) is 15.6 Å². The van der Waals surface area contributed by atoms with E-state index in [9.17, 15) is 9.59 Å². The molecule has 6 nitrogen and oxygen atoms in total. The standard InChI is InChI=1S/C11H15ClN4O2/c1-14-10-8(12)5-7(6-16-10)11(18)15-4-2-3-9(13)17/h5-6H,2-4H2,1H3,(H2,13,17)(H,14,16)(H,15,18). The van der Waals surface area contributed by atoms with Crippen molar-refractivity contribution in [1.82, 2.24) is 10.3 Å². The fourth-order valence-corrected chi connectivity index (χ4v) is 1.57. The third-order valence-corrected chi connectivity index (χ3v) is 2.51. The van der Waals surface area contributed by atoms with E-state index in [4.69, 9.17) is 17.3 Å². The highest BCUT2D eigenvalue weighted by Gasteiger charge is 2.08. The zero-order valence-electron chi connectivity index (χ0n) is 10.00. The van der Waals surface area contributed by atoms with Gasteiger partial charge in [0.25, 0.3) is 5.91 Å². The number of carbonyl (C=O) groups is 2. The number of hydrogen-bond donors (Lipinski definition) is 3. The minimum atomic E-state index is -0.382. The Kier molecular flexibility index (Phi) is 5.38. The summed E-state index contributed by atoms with van der Waals surface area (Å²) in [5.74, 6) is -0.147. The summed E-state index contributed by atoms with van der Waals surface area (Å²) < 4.78 is 0. The third-order valence-electron chi connectivity index (χ3n) is 2.23. The Labute approximate surface area is 110 Å². The second-order valence-corrected chi connectivity index (χ2v) is 4.04. The van der Waals surface area contributed by atoms with Crippen molar-refractivity contribution < 1.29 is 9.59 Å². The number of pyridine rings is 1. The second kappa shape index (κ2) is 6.80. The summed E-state index contributed by atoms with van der Waals surface area (Å²) >= 11 is 5.91. The summed E-state index contributed by atoms with van der Waals surface area (Å²) in [4.78, 5) is 26.2. The predicted octanol–water partition coefficient (Wildman–Crippen LogP) is 0.772. The summed E-state index contributed by atoms with van der Waals surface area (Å²) in [7, 11) is 1.69. The van der Waals surface area contributed by atoms with Crippen LogP contribution in [0.1, 0.15) is 23.2 Å². The number of amides is 2. The molecule has 18 heavy (non-hydrogen) atoms. The minimum absolute atomic E-state index is 0.248. The van der Waals surface area contributed by atoms with E-state index in [1.165, 1.54) is 12.3 Å². The molecule has 1 aromatic rings. The van der Waals surface area contributed by atoms with E-state index in [0.29, 0.717) is 29.4 Å². The van der Waals surface area contributed by atoms with E-state index < -0.39 is 0 Å². The lowest BCUT2D eigenvalue weighted by molar-refractivity contribution is -0.118. The van der Waals surface area contributed by atoms with Crippen LogP contribution in [0.3, 0.4) is 0 Å². The lowest BCUT2D eigenvalue weighted by Gasteiger charge is -2.06. The summed E-state index contributed by atoms with van der Waals surface area (Å²) in [6, 6.07) is 1.53. The van der Waals surface area contributed by atoms with E-state index in [0.717, 1.165) is 0 Å². The van der Waals surface area contributed by atoms with Crippen molar-refractivity contribution in [2.75, 3.05) is 18.9 Å². The van der Waals surface area contributed by atoms with Crippen LogP contribution in [0.25, 0.3) is 0 Å². The van der Waals surface area contributed by atoms with Crippen molar-refractivity contribution in [2.45, 2.75) is 12.8 Å². The van der Waals surface area contributed by atoms with Crippen LogP contribution in [-0.2, 0) is 4.79 Å². The first-order valence-electron chi connectivity index (χ1n) is 5.44. The van der Waals surface area contributed by atoms with Gasteiger partial charge in [-0.05, 0) is 12.5 Å². The molecule has 1 heterocycles. The second-order valence-electron chi connectivity index (χ2n) is 3.63. The van der Waals surface area contributed by atoms with Gasteiger partial charge in [-0.15, -0.1) is 0 Å². The fourth-order valence-electron chi connectivity index (χ4n) is 1.31. The van der Waals surface area contributed by atoms with Crippen LogP contribution in [0, 0.1) is 0 Å². The largest absolute Gasteiger partial charge is 0.372 e. The van der Waals surface area contributed by atoms with Gasteiger partial charge >= 0.3 is 0 Å². The number of hydrogen-bond acceptors (Lipinski definition) is 4. The van der Waals surface area contributed by atoms with E-state index in [1.807, 2.05) is 0 Å². The Balaban J connectivity index is 2.51. The Hall–Kier alpha value is -1.82. The summed E-state index contributed by atoms with van der Waals surface area (Å²) in [5, 5.41) is 5.83. The molecule has 1 aromatic heterocycles. The van der Waals surface area contributed by atoms with Gasteiger partial charge in [0.2, 0.25) is 5.91 Å². The minimum Gasteiger partial charge on any atom is -0.372 e. The monoisotopic (exact) mass is 270 g/mol. The maximum absolute atomic E-state index is 11.7. The molecular weight excluding hydrogens is 256 g/mol. The lowest BCUT2D eigenvalue weighted by Crippen LogP contribution is -2.25. The molecule has 0 aliphatic heterocycles. The van der Waals surface area contributed by atoms with Crippen molar-refractivity contribution in [1.29, 1.82) is 0 Å². The molecule has 0 aromatic carbocycles. The number of aromatic nitrogens is 1. The summed E-state index contributed by atoms with van der Waals surface area (Å²) in [6.07, 6.45) is 2.19. The van der Waals surface area contributed by atoms with Gasteiger partial charge in [0.05, 0.1) is 10.6 Å². The fraction of sp³-hybridized carbons (Fsp3) is 0.364. The van der Waals surface area contributed by atoms with Crippen LogP contribution < -0.4 is 16.4 Å². The number of carbonyl (C=O) groups excluding carboxylic acids is 2. The van der Waals surface area contributed by atoms with Gasteiger partial charge in [-0.25, -0.2) is 4.98 Å². The summed E-state index contributed by atoms with van der Waals surface area (Å²) in [6.45, 7) is 0.382. The first kappa shape index (κ1) is 14.2. The Bertz CT molecular complexity index is 451. The molecule has 0 atom stereocenters. The number of nitrogens with two attached hydrogens (primary N) is 1. The third kappa shape index (κ3) is 4.21. The molecule has 0 spiro atoms. The van der Waals surface area contributed by atoms with Gasteiger partial charge in [0.1, 0.15) is 5.82 Å². The molecule has 98 valence electrons. The van der Waals surface area contributed by atoms with Crippen LogP contribution in [0.4, 0.5) is 5.82 Å². The predicted molar refractivity (Wildman–Crippen MR) is 69.6 cm³/mol. The van der Waals surface area contributed by atoms with Gasteiger partial charge in [0.15, 0.2) is 0 Å². The van der Waals surface area contributed by atoms with Gasteiger partial charge < -0.3 is 16.4 Å². The Morgan fingerprint density at radius 2 is 2.22 bits per heavy atom. The van der Waals surface area contributed by atoms with Crippen LogP contribution in [0.5, 0.6) is 0 Å². The molecule has 0 bridgehead atoms. The van der Waals surface area contributed by atoms with Crippen LogP contribution in [-0.4, -0.2) is 30.4 Å². The van der Waals surface area contributed by atoms with Crippen molar-refractivity contribution >= 4 is 29.2 Å². The highest BCUT2D eigenvalue weighted by molar-refractivity contribution is 6.33. The van der Waals surface area contributed by atoms with E-state index in [-0.39, 0.29) is 18.2 Å². The van der Waals surface area contributed by atoms with Gasteiger partial charge in [-0.3, -0.25) is 9.59 Å². The SMILES string of the molecule is CNc1ncc(C(=O)NCCCC(N)=O)cc1Cl. The van der Waals surface area contributed by atoms with E-state index >= 15 is 0 Å². The molecule has 0 saturated carbocycles. The number of nitrogens with zero attached hydrogens (tertiary/aromatic N) is 1. The maximum atomic E-state index is 11.7. The molecule has 0 aliphatic carbocycles. The van der Waals surface area contributed by atoms with Gasteiger partial charge in [-0.1, -0.05) is 11.6 Å². The van der Waals surface area contributed by atoms with E-state index in [1.54, 1.807) is 7.05 Å². The first-order chi connectivity index (χ1) is 8.54. The highest BCUT2D eigenvalue weighted by Crippen LogP contribution is 2.19. The molecule has 0 radical (unpaired) electrons. The number of rotatable bonds is 6. The first-order valence-corrected chi connectivity index (χ1v) is 5.82. The van der Waals surface area contributed by atoms with Crippen molar-refractivity contribution in [3.63, 3.8) is 0 Å². The lowest BCUT2D eigenvalue weighted by atomic mass is 10.2. The quantitative estimate of drug-likeness (QED) is 0.665. The number of anilines is 1. The average molecular weight is 271 g/mol. The Morgan fingerprint density at radius 1 is 1.50 bits per heavy atom. The Morgan fingerprint density at radius 3 is 2.78 bits per heavy atom. The number of primary amides is 1. The molecule has 7 heteroatoms.